The van der Waals surface area contributed by atoms with Gasteiger partial charge in [-0.1, -0.05) is 37.3 Å². The van der Waals surface area contributed by atoms with Gasteiger partial charge >= 0.3 is 6.09 Å². The van der Waals surface area contributed by atoms with Crippen molar-refractivity contribution >= 4 is 41.3 Å². The van der Waals surface area contributed by atoms with Crippen LogP contribution in [0.25, 0.3) is 0 Å². The summed E-state index contributed by atoms with van der Waals surface area (Å²) in [7, 11) is 0. The molecular weight excluding hydrogens is 394 g/mol. The van der Waals surface area contributed by atoms with Crippen LogP contribution in [0, 0.1) is 5.92 Å². The first kappa shape index (κ1) is 21.2. The van der Waals surface area contributed by atoms with E-state index in [9.17, 15) is 14.4 Å². The summed E-state index contributed by atoms with van der Waals surface area (Å²) in [6.45, 7) is 4.12. The minimum Gasteiger partial charge on any atom is -0.447 e. The van der Waals surface area contributed by atoms with E-state index in [4.69, 9.17) is 4.74 Å². The molecule has 1 aromatic rings. The van der Waals surface area contributed by atoms with Gasteiger partial charge in [-0.3, -0.25) is 9.59 Å². The molecule has 2 saturated heterocycles. The summed E-state index contributed by atoms with van der Waals surface area (Å²) < 4.78 is 5.22. The number of cyclic esters (lactones) is 1. The zero-order valence-corrected chi connectivity index (χ0v) is 18.0. The fourth-order valence-corrected chi connectivity index (χ4v) is 6.60. The van der Waals surface area contributed by atoms with E-state index in [0.717, 1.165) is 23.5 Å². The third-order valence-electron chi connectivity index (χ3n) is 5.33. The van der Waals surface area contributed by atoms with E-state index in [-0.39, 0.29) is 22.5 Å². The Hall–Kier alpha value is -1.47. The number of Topliss-reactive ketones (excluding diaryl/α,β-unsaturated/α-hetero) is 1. The monoisotopic (exact) mass is 421 g/mol. The molecule has 152 valence electrons. The molecule has 0 radical (unpaired) electrons. The Kier molecular flexibility index (Phi) is 7.10. The quantitative estimate of drug-likeness (QED) is 0.588. The van der Waals surface area contributed by atoms with Gasteiger partial charge in [0.1, 0.15) is 12.4 Å². The Bertz CT molecular complexity index is 718. The third kappa shape index (κ3) is 4.92. The number of hydrogen-bond acceptors (Lipinski definition) is 6. The lowest BCUT2D eigenvalue weighted by molar-refractivity contribution is -0.140. The predicted octanol–water partition coefficient (Wildman–Crippen LogP) is 4.15. The smallest absolute Gasteiger partial charge is 0.417 e. The number of rotatable bonds is 8. The Morgan fingerprint density at radius 1 is 1.25 bits per heavy atom. The average Bonchev–Trinajstić information content (AvgIpc) is 3.28. The number of benzene rings is 1. The standard InChI is InChI=1S/C21H27NO4S2/c1-3-18(23)17(9-10-21(2)27-11-12-28-21)19(24)22-16(14-26-20(22)25)13-15-7-5-4-6-8-15/h4-8,16-17H,3,9-14H2,1-2H3/t16-,17+/m0/s1. The maximum atomic E-state index is 13.3. The molecule has 5 nitrogen and oxygen atoms in total. The van der Waals surface area contributed by atoms with Gasteiger partial charge in [0.25, 0.3) is 0 Å². The maximum absolute atomic E-state index is 13.3. The summed E-state index contributed by atoms with van der Waals surface area (Å²) in [5.41, 5.74) is 1.04. The molecule has 2 aliphatic heterocycles. The fourth-order valence-electron chi connectivity index (χ4n) is 3.71. The van der Waals surface area contributed by atoms with Gasteiger partial charge in [-0.15, -0.1) is 23.5 Å². The number of nitrogens with zero attached hydrogens (tertiary/aromatic N) is 1. The van der Waals surface area contributed by atoms with Gasteiger partial charge in [0, 0.05) is 17.9 Å². The van der Waals surface area contributed by atoms with Crippen LogP contribution in [0.4, 0.5) is 4.79 Å². The van der Waals surface area contributed by atoms with Crippen LogP contribution in [0.1, 0.15) is 38.7 Å². The van der Waals surface area contributed by atoms with E-state index >= 15 is 0 Å². The Morgan fingerprint density at radius 2 is 1.93 bits per heavy atom. The Morgan fingerprint density at radius 3 is 2.57 bits per heavy atom. The largest absolute Gasteiger partial charge is 0.447 e. The first-order valence-electron chi connectivity index (χ1n) is 9.78. The van der Waals surface area contributed by atoms with Crippen molar-refractivity contribution in [2.24, 2.45) is 5.92 Å². The Labute approximate surface area is 174 Å². The molecule has 28 heavy (non-hydrogen) atoms. The Balaban J connectivity index is 1.73. The number of carbonyl (C=O) groups excluding carboxylic acids is 3. The lowest BCUT2D eigenvalue weighted by Crippen LogP contribution is -2.45. The highest BCUT2D eigenvalue weighted by Gasteiger charge is 2.43. The molecule has 1 aromatic carbocycles. The van der Waals surface area contributed by atoms with Crippen LogP contribution in [-0.4, -0.2) is 50.9 Å². The second kappa shape index (κ2) is 9.35. The molecule has 0 unspecified atom stereocenters. The first-order chi connectivity index (χ1) is 13.4. The van der Waals surface area contributed by atoms with Crippen LogP contribution >= 0.6 is 23.5 Å². The molecule has 2 aliphatic rings. The van der Waals surface area contributed by atoms with E-state index in [1.54, 1.807) is 6.92 Å². The minimum atomic E-state index is -0.771. The van der Waals surface area contributed by atoms with Gasteiger partial charge in [-0.25, -0.2) is 9.69 Å². The van der Waals surface area contributed by atoms with Gasteiger partial charge in [-0.2, -0.15) is 0 Å². The normalized spacial score (nSPS) is 22.1. The summed E-state index contributed by atoms with van der Waals surface area (Å²) in [4.78, 5) is 39.3. The van der Waals surface area contributed by atoms with Gasteiger partial charge in [0.2, 0.25) is 5.91 Å². The summed E-state index contributed by atoms with van der Waals surface area (Å²) >= 11 is 3.78. The van der Waals surface area contributed by atoms with Crippen molar-refractivity contribution in [3.8, 4) is 0 Å². The third-order valence-corrected chi connectivity index (χ3v) is 8.74. The number of imide groups is 1. The molecule has 2 amide bonds. The number of hydrogen-bond donors (Lipinski definition) is 0. The fraction of sp³-hybridized carbons (Fsp3) is 0.571. The van der Waals surface area contributed by atoms with Crippen LogP contribution in [0.3, 0.4) is 0 Å². The van der Waals surface area contributed by atoms with Crippen LogP contribution in [0.5, 0.6) is 0 Å². The van der Waals surface area contributed by atoms with Gasteiger partial charge in [-0.05, 0) is 31.7 Å². The molecule has 0 aliphatic carbocycles. The molecule has 0 spiro atoms. The zero-order valence-electron chi connectivity index (χ0n) is 16.4. The second-order valence-electron chi connectivity index (χ2n) is 7.37. The van der Waals surface area contributed by atoms with Gasteiger partial charge in [0.15, 0.2) is 0 Å². The number of ether oxygens (including phenoxy) is 1. The summed E-state index contributed by atoms with van der Waals surface area (Å²) in [5, 5.41) is 0. The number of thioether (sulfide) groups is 2. The predicted molar refractivity (Wildman–Crippen MR) is 113 cm³/mol. The SMILES string of the molecule is CCC(=O)[C@@H](CCC1(C)SCCS1)C(=O)N1C(=O)OC[C@@H]1Cc1ccccc1. The maximum Gasteiger partial charge on any atom is 0.417 e. The molecular formula is C21H27NO4S2. The zero-order chi connectivity index (χ0) is 20.1. The van der Waals surface area contributed by atoms with Crippen molar-refractivity contribution in [1.29, 1.82) is 0 Å². The number of carbonyl (C=O) groups is 3. The van der Waals surface area contributed by atoms with Crippen LogP contribution in [0.2, 0.25) is 0 Å². The van der Waals surface area contributed by atoms with Crippen molar-refractivity contribution in [2.45, 2.75) is 49.7 Å². The van der Waals surface area contributed by atoms with Crippen LogP contribution < -0.4 is 0 Å². The van der Waals surface area contributed by atoms with E-state index < -0.39 is 17.9 Å². The van der Waals surface area contributed by atoms with Crippen molar-refractivity contribution in [2.75, 3.05) is 18.1 Å². The summed E-state index contributed by atoms with van der Waals surface area (Å²) in [5.74, 6) is 0.928. The van der Waals surface area contributed by atoms with Gasteiger partial charge < -0.3 is 4.74 Å². The van der Waals surface area contributed by atoms with Crippen LogP contribution in [-0.2, 0) is 20.7 Å². The second-order valence-corrected chi connectivity index (χ2v) is 10.8. The van der Waals surface area contributed by atoms with Crippen molar-refractivity contribution in [3.05, 3.63) is 35.9 Å². The highest BCUT2D eigenvalue weighted by molar-refractivity contribution is 8.21. The van der Waals surface area contributed by atoms with E-state index in [1.807, 2.05) is 53.9 Å². The van der Waals surface area contributed by atoms with E-state index in [2.05, 4.69) is 6.92 Å². The topological polar surface area (TPSA) is 63.7 Å². The molecule has 0 saturated carbocycles. The van der Waals surface area contributed by atoms with Gasteiger partial charge in [0.05, 0.1) is 16.0 Å². The van der Waals surface area contributed by atoms with Crippen LogP contribution in [0.15, 0.2) is 30.3 Å². The average molecular weight is 422 g/mol. The highest BCUT2D eigenvalue weighted by Crippen LogP contribution is 2.47. The number of amides is 2. The van der Waals surface area contributed by atoms with E-state index in [0.29, 0.717) is 19.3 Å². The summed E-state index contributed by atoms with van der Waals surface area (Å²) in [6, 6.07) is 9.37. The van der Waals surface area contributed by atoms with Crippen molar-refractivity contribution in [3.63, 3.8) is 0 Å². The summed E-state index contributed by atoms with van der Waals surface area (Å²) in [6.07, 6.45) is 1.45. The molecule has 2 heterocycles. The molecule has 2 fully saturated rings. The first-order valence-corrected chi connectivity index (χ1v) is 11.7. The minimum absolute atomic E-state index is 0.0432. The molecule has 0 bridgehead atoms. The van der Waals surface area contributed by atoms with Crippen molar-refractivity contribution < 1.29 is 19.1 Å². The molecule has 3 rings (SSSR count). The molecule has 7 heteroatoms. The lowest BCUT2D eigenvalue weighted by Gasteiger charge is -2.27. The number of ketones is 1. The molecule has 0 aromatic heterocycles. The highest BCUT2D eigenvalue weighted by atomic mass is 32.2. The van der Waals surface area contributed by atoms with E-state index in [1.165, 1.54) is 4.90 Å². The lowest BCUT2D eigenvalue weighted by atomic mass is 9.93. The molecule has 0 N–H and O–H groups in total. The molecule has 2 atom stereocenters. The van der Waals surface area contributed by atoms with Crippen molar-refractivity contribution in [1.82, 2.24) is 4.90 Å².